The SMILES string of the molecule is Cc1cc(NC(=O)CSCc2cc(-c3ccccc3)no2)n(C)n1. The van der Waals surface area contributed by atoms with Crippen LogP contribution in [0.5, 0.6) is 0 Å². The number of anilines is 1. The van der Waals surface area contributed by atoms with Gasteiger partial charge < -0.3 is 9.84 Å². The molecule has 0 aliphatic rings. The van der Waals surface area contributed by atoms with Gasteiger partial charge in [-0.05, 0) is 6.92 Å². The van der Waals surface area contributed by atoms with Gasteiger partial charge in [-0.1, -0.05) is 35.5 Å². The lowest BCUT2D eigenvalue weighted by molar-refractivity contribution is -0.113. The zero-order chi connectivity index (χ0) is 16.9. The fourth-order valence-corrected chi connectivity index (χ4v) is 2.97. The van der Waals surface area contributed by atoms with Crippen molar-refractivity contribution in [3.8, 4) is 11.3 Å². The van der Waals surface area contributed by atoms with Crippen molar-refractivity contribution in [2.75, 3.05) is 11.1 Å². The number of aryl methyl sites for hydroxylation is 2. The molecule has 1 amide bonds. The molecule has 6 nitrogen and oxygen atoms in total. The van der Waals surface area contributed by atoms with E-state index in [9.17, 15) is 4.79 Å². The fraction of sp³-hybridized carbons (Fsp3) is 0.235. The molecule has 2 aromatic heterocycles. The van der Waals surface area contributed by atoms with Crippen LogP contribution in [0.1, 0.15) is 11.5 Å². The molecule has 124 valence electrons. The summed E-state index contributed by atoms with van der Waals surface area (Å²) in [7, 11) is 1.80. The average molecular weight is 342 g/mol. The highest BCUT2D eigenvalue weighted by Gasteiger charge is 2.10. The molecule has 7 heteroatoms. The Morgan fingerprint density at radius 2 is 2.08 bits per heavy atom. The monoisotopic (exact) mass is 342 g/mol. The van der Waals surface area contributed by atoms with Crippen molar-refractivity contribution < 1.29 is 9.32 Å². The second-order valence-electron chi connectivity index (χ2n) is 5.38. The molecule has 24 heavy (non-hydrogen) atoms. The van der Waals surface area contributed by atoms with Gasteiger partial charge in [0, 0.05) is 24.7 Å². The van der Waals surface area contributed by atoms with Gasteiger partial charge in [0.1, 0.15) is 17.3 Å². The largest absolute Gasteiger partial charge is 0.360 e. The Balaban J connectivity index is 1.49. The number of carbonyl (C=O) groups excluding carboxylic acids is 1. The third-order valence-corrected chi connectivity index (χ3v) is 4.33. The number of carbonyl (C=O) groups is 1. The maximum absolute atomic E-state index is 12.0. The molecule has 0 saturated heterocycles. The van der Waals surface area contributed by atoms with Crippen molar-refractivity contribution in [3.05, 3.63) is 53.9 Å². The predicted molar refractivity (Wildman–Crippen MR) is 94.7 cm³/mol. The van der Waals surface area contributed by atoms with Gasteiger partial charge in [-0.3, -0.25) is 9.48 Å². The van der Waals surface area contributed by atoms with E-state index in [0.717, 1.165) is 22.7 Å². The topological polar surface area (TPSA) is 73.0 Å². The molecule has 0 bridgehead atoms. The summed E-state index contributed by atoms with van der Waals surface area (Å²) < 4.78 is 6.98. The zero-order valence-corrected chi connectivity index (χ0v) is 14.3. The van der Waals surface area contributed by atoms with E-state index in [1.807, 2.05) is 49.4 Å². The van der Waals surface area contributed by atoms with Gasteiger partial charge in [-0.15, -0.1) is 11.8 Å². The quantitative estimate of drug-likeness (QED) is 0.744. The molecular formula is C17H18N4O2S. The molecule has 0 aliphatic carbocycles. The van der Waals surface area contributed by atoms with Gasteiger partial charge in [0.25, 0.3) is 0 Å². The van der Waals surface area contributed by atoms with Crippen LogP contribution < -0.4 is 5.32 Å². The summed E-state index contributed by atoms with van der Waals surface area (Å²) in [6.45, 7) is 1.89. The standard InChI is InChI=1S/C17H18N4O2S/c1-12-8-16(21(2)19-12)18-17(22)11-24-10-14-9-15(20-23-14)13-6-4-3-5-7-13/h3-9H,10-11H2,1-2H3,(H,18,22). The highest BCUT2D eigenvalue weighted by Crippen LogP contribution is 2.21. The predicted octanol–water partition coefficient (Wildman–Crippen LogP) is 3.26. The molecule has 3 aromatic rings. The van der Waals surface area contributed by atoms with Crippen LogP contribution in [0.3, 0.4) is 0 Å². The third-order valence-electron chi connectivity index (χ3n) is 3.38. The summed E-state index contributed by atoms with van der Waals surface area (Å²) in [6, 6.07) is 13.6. The van der Waals surface area contributed by atoms with Crippen LogP contribution in [0, 0.1) is 6.92 Å². The van der Waals surface area contributed by atoms with Crippen molar-refractivity contribution in [1.29, 1.82) is 0 Å². The number of nitrogens with one attached hydrogen (secondary N) is 1. The van der Waals surface area contributed by atoms with Crippen LogP contribution in [-0.4, -0.2) is 26.6 Å². The average Bonchev–Trinajstić information content (AvgIpc) is 3.15. The Morgan fingerprint density at radius 1 is 1.29 bits per heavy atom. The maximum atomic E-state index is 12.0. The summed E-state index contributed by atoms with van der Waals surface area (Å²) >= 11 is 1.48. The summed E-state index contributed by atoms with van der Waals surface area (Å²) in [5.41, 5.74) is 2.69. The minimum absolute atomic E-state index is 0.0641. The number of benzene rings is 1. The Morgan fingerprint density at radius 3 is 2.79 bits per heavy atom. The first-order chi connectivity index (χ1) is 11.6. The molecule has 3 rings (SSSR count). The summed E-state index contributed by atoms with van der Waals surface area (Å²) in [5.74, 6) is 2.32. The molecule has 0 atom stereocenters. The van der Waals surface area contributed by atoms with E-state index in [1.165, 1.54) is 11.8 Å². The van der Waals surface area contributed by atoms with Crippen LogP contribution in [0.25, 0.3) is 11.3 Å². The Labute approximate surface area is 144 Å². The minimum atomic E-state index is -0.0641. The van der Waals surface area contributed by atoms with Crippen molar-refractivity contribution in [2.24, 2.45) is 7.05 Å². The fourth-order valence-electron chi connectivity index (χ4n) is 2.28. The Kier molecular flexibility index (Phi) is 5.00. The van der Waals surface area contributed by atoms with E-state index in [-0.39, 0.29) is 5.91 Å². The molecule has 0 saturated carbocycles. The van der Waals surface area contributed by atoms with Crippen LogP contribution in [0.4, 0.5) is 5.82 Å². The van der Waals surface area contributed by atoms with Gasteiger partial charge >= 0.3 is 0 Å². The lowest BCUT2D eigenvalue weighted by atomic mass is 10.1. The first kappa shape index (κ1) is 16.3. The number of hydrogen-bond acceptors (Lipinski definition) is 5. The maximum Gasteiger partial charge on any atom is 0.235 e. The van der Waals surface area contributed by atoms with Crippen molar-refractivity contribution in [1.82, 2.24) is 14.9 Å². The van der Waals surface area contributed by atoms with E-state index in [2.05, 4.69) is 15.6 Å². The van der Waals surface area contributed by atoms with E-state index in [4.69, 9.17) is 4.52 Å². The normalized spacial score (nSPS) is 10.8. The third kappa shape index (κ3) is 4.05. The van der Waals surface area contributed by atoms with Gasteiger partial charge in [0.2, 0.25) is 5.91 Å². The molecule has 0 aliphatic heterocycles. The zero-order valence-electron chi connectivity index (χ0n) is 13.5. The van der Waals surface area contributed by atoms with Crippen molar-refractivity contribution in [2.45, 2.75) is 12.7 Å². The number of thioether (sulfide) groups is 1. The summed E-state index contributed by atoms with van der Waals surface area (Å²) in [5, 5.41) is 11.1. The number of rotatable bonds is 6. The molecule has 1 aromatic carbocycles. The molecule has 0 radical (unpaired) electrons. The van der Waals surface area contributed by atoms with E-state index < -0.39 is 0 Å². The van der Waals surface area contributed by atoms with Crippen LogP contribution in [0.15, 0.2) is 47.0 Å². The summed E-state index contributed by atoms with van der Waals surface area (Å²) in [4.78, 5) is 12.0. The van der Waals surface area contributed by atoms with Crippen molar-refractivity contribution >= 4 is 23.5 Å². The van der Waals surface area contributed by atoms with Crippen molar-refractivity contribution in [3.63, 3.8) is 0 Å². The second-order valence-corrected chi connectivity index (χ2v) is 6.37. The Hall–Kier alpha value is -2.54. The lowest BCUT2D eigenvalue weighted by Crippen LogP contribution is -2.16. The van der Waals surface area contributed by atoms with Crippen LogP contribution in [0.2, 0.25) is 0 Å². The van der Waals surface area contributed by atoms with Gasteiger partial charge in [0.05, 0.1) is 17.2 Å². The Bertz CT molecular complexity index is 826. The number of aromatic nitrogens is 3. The molecule has 0 unspecified atom stereocenters. The second kappa shape index (κ2) is 7.35. The molecular weight excluding hydrogens is 324 g/mol. The molecule has 1 N–H and O–H groups in total. The minimum Gasteiger partial charge on any atom is -0.360 e. The van der Waals surface area contributed by atoms with Crippen LogP contribution in [-0.2, 0) is 17.6 Å². The molecule has 0 fully saturated rings. The molecule has 2 heterocycles. The number of amides is 1. The van der Waals surface area contributed by atoms with Crippen LogP contribution >= 0.6 is 11.8 Å². The first-order valence-corrected chi connectivity index (χ1v) is 8.66. The molecule has 0 spiro atoms. The van der Waals surface area contributed by atoms with Gasteiger partial charge in [-0.25, -0.2) is 0 Å². The highest BCUT2D eigenvalue weighted by atomic mass is 32.2. The summed E-state index contributed by atoms with van der Waals surface area (Å²) in [6.07, 6.45) is 0. The van der Waals surface area contributed by atoms with Gasteiger partial charge in [0.15, 0.2) is 0 Å². The lowest BCUT2D eigenvalue weighted by Gasteiger charge is -2.04. The van der Waals surface area contributed by atoms with Gasteiger partial charge in [-0.2, -0.15) is 5.10 Å². The van der Waals surface area contributed by atoms with E-state index in [0.29, 0.717) is 17.3 Å². The number of nitrogens with zero attached hydrogens (tertiary/aromatic N) is 3. The number of hydrogen-bond donors (Lipinski definition) is 1. The first-order valence-electron chi connectivity index (χ1n) is 7.51. The smallest absolute Gasteiger partial charge is 0.235 e. The van der Waals surface area contributed by atoms with E-state index >= 15 is 0 Å². The highest BCUT2D eigenvalue weighted by molar-refractivity contribution is 7.99. The van der Waals surface area contributed by atoms with E-state index in [1.54, 1.807) is 11.7 Å².